The van der Waals surface area contributed by atoms with Crippen LogP contribution in [0.3, 0.4) is 0 Å². The Labute approximate surface area is 118 Å². The molecule has 0 spiro atoms. The second-order valence-corrected chi connectivity index (χ2v) is 4.61. The molecule has 2 aromatic rings. The molecule has 1 N–H and O–H groups in total. The van der Waals surface area contributed by atoms with Crippen molar-refractivity contribution in [1.29, 1.82) is 0 Å². The summed E-state index contributed by atoms with van der Waals surface area (Å²) in [4.78, 5) is 11.8. The van der Waals surface area contributed by atoms with E-state index >= 15 is 0 Å². The average molecular weight is 273 g/mol. The van der Waals surface area contributed by atoms with Gasteiger partial charge in [-0.3, -0.25) is 4.79 Å². The van der Waals surface area contributed by atoms with E-state index in [1.54, 1.807) is 19.2 Å². The maximum Gasteiger partial charge on any atom is 0.266 e. The van der Waals surface area contributed by atoms with Crippen LogP contribution < -0.4 is 15.6 Å². The molecule has 0 radical (unpaired) electrons. The van der Waals surface area contributed by atoms with E-state index in [1.807, 2.05) is 38.2 Å². The van der Waals surface area contributed by atoms with E-state index in [-0.39, 0.29) is 11.6 Å². The Morgan fingerprint density at radius 2 is 2.15 bits per heavy atom. The van der Waals surface area contributed by atoms with Gasteiger partial charge in [0.2, 0.25) is 0 Å². The highest BCUT2D eigenvalue weighted by atomic mass is 16.5. The first-order chi connectivity index (χ1) is 9.63. The topological polar surface area (TPSA) is 56.2 Å². The van der Waals surface area contributed by atoms with Gasteiger partial charge in [0.1, 0.15) is 5.75 Å². The van der Waals surface area contributed by atoms with E-state index in [0.717, 1.165) is 17.0 Å². The fourth-order valence-corrected chi connectivity index (χ4v) is 2.08. The molecule has 1 aromatic heterocycles. The van der Waals surface area contributed by atoms with Gasteiger partial charge in [-0.25, -0.2) is 4.68 Å². The standard InChI is InChI=1S/C15H19N3O2/c1-11-7-8-15(19)18(17-11)10-14(16-2)12-5-4-6-13(9-12)20-3/h4-9,14,16H,10H2,1-3H3. The normalized spacial score (nSPS) is 12.2. The van der Waals surface area contributed by atoms with Crippen molar-refractivity contribution in [2.75, 3.05) is 14.2 Å². The van der Waals surface area contributed by atoms with Crippen LogP contribution in [0.2, 0.25) is 0 Å². The van der Waals surface area contributed by atoms with Crippen molar-refractivity contribution >= 4 is 0 Å². The summed E-state index contributed by atoms with van der Waals surface area (Å²) in [5.41, 5.74) is 1.78. The molecule has 0 fully saturated rings. The molecule has 0 saturated carbocycles. The molecule has 0 saturated heterocycles. The van der Waals surface area contributed by atoms with E-state index < -0.39 is 0 Å². The first kappa shape index (κ1) is 14.3. The maximum absolute atomic E-state index is 11.8. The monoisotopic (exact) mass is 273 g/mol. The number of ether oxygens (including phenoxy) is 1. The Balaban J connectivity index is 2.28. The second kappa shape index (κ2) is 6.34. The van der Waals surface area contributed by atoms with E-state index in [0.29, 0.717) is 6.54 Å². The molecule has 0 bridgehead atoms. The number of nitrogens with one attached hydrogen (secondary N) is 1. The van der Waals surface area contributed by atoms with Crippen molar-refractivity contribution in [3.63, 3.8) is 0 Å². The molecule has 1 atom stereocenters. The number of hydrogen-bond donors (Lipinski definition) is 1. The zero-order valence-electron chi connectivity index (χ0n) is 12.0. The van der Waals surface area contributed by atoms with Crippen molar-refractivity contribution in [3.05, 3.63) is 58.0 Å². The van der Waals surface area contributed by atoms with Crippen LogP contribution in [0, 0.1) is 6.92 Å². The Morgan fingerprint density at radius 3 is 2.85 bits per heavy atom. The minimum atomic E-state index is -0.0984. The van der Waals surface area contributed by atoms with Crippen LogP contribution in [0.4, 0.5) is 0 Å². The third-order valence-electron chi connectivity index (χ3n) is 3.20. The van der Waals surface area contributed by atoms with Crippen LogP contribution in [-0.2, 0) is 6.54 Å². The Kier molecular flexibility index (Phi) is 4.53. The number of aryl methyl sites for hydroxylation is 1. The van der Waals surface area contributed by atoms with Crippen LogP contribution in [0.15, 0.2) is 41.2 Å². The highest BCUT2D eigenvalue weighted by Gasteiger charge is 2.12. The lowest BCUT2D eigenvalue weighted by Crippen LogP contribution is -2.30. The van der Waals surface area contributed by atoms with Crippen LogP contribution in [-0.4, -0.2) is 23.9 Å². The number of benzene rings is 1. The largest absolute Gasteiger partial charge is 0.497 e. The third kappa shape index (κ3) is 3.24. The summed E-state index contributed by atoms with van der Waals surface area (Å²) >= 11 is 0. The second-order valence-electron chi connectivity index (χ2n) is 4.61. The van der Waals surface area contributed by atoms with Gasteiger partial charge in [0.05, 0.1) is 25.4 Å². The van der Waals surface area contributed by atoms with Gasteiger partial charge in [-0.2, -0.15) is 5.10 Å². The lowest BCUT2D eigenvalue weighted by atomic mass is 10.1. The number of nitrogens with zero attached hydrogens (tertiary/aromatic N) is 2. The summed E-state index contributed by atoms with van der Waals surface area (Å²) < 4.78 is 6.71. The van der Waals surface area contributed by atoms with Gasteiger partial charge < -0.3 is 10.1 Å². The highest BCUT2D eigenvalue weighted by molar-refractivity contribution is 5.30. The van der Waals surface area contributed by atoms with Gasteiger partial charge in [0, 0.05) is 6.07 Å². The van der Waals surface area contributed by atoms with E-state index in [9.17, 15) is 4.79 Å². The van der Waals surface area contributed by atoms with E-state index in [2.05, 4.69) is 10.4 Å². The first-order valence-electron chi connectivity index (χ1n) is 6.50. The van der Waals surface area contributed by atoms with Crippen molar-refractivity contribution in [2.45, 2.75) is 19.5 Å². The quantitative estimate of drug-likeness (QED) is 0.897. The molecule has 20 heavy (non-hydrogen) atoms. The van der Waals surface area contributed by atoms with Gasteiger partial charge in [0.25, 0.3) is 5.56 Å². The predicted molar refractivity (Wildman–Crippen MR) is 78.0 cm³/mol. The molecule has 0 aliphatic carbocycles. The number of methoxy groups -OCH3 is 1. The first-order valence-corrected chi connectivity index (χ1v) is 6.50. The molecular formula is C15H19N3O2. The van der Waals surface area contributed by atoms with Crippen LogP contribution in [0.5, 0.6) is 5.75 Å². The Morgan fingerprint density at radius 1 is 1.35 bits per heavy atom. The molecule has 1 unspecified atom stereocenters. The molecule has 0 aliphatic heterocycles. The minimum absolute atomic E-state index is 0.00269. The fraction of sp³-hybridized carbons (Fsp3) is 0.333. The molecule has 0 amide bonds. The van der Waals surface area contributed by atoms with Crippen LogP contribution in [0.1, 0.15) is 17.3 Å². The average Bonchev–Trinajstić information content (AvgIpc) is 2.48. The van der Waals surface area contributed by atoms with Crippen LogP contribution >= 0.6 is 0 Å². The molecule has 1 aromatic carbocycles. The number of rotatable bonds is 5. The minimum Gasteiger partial charge on any atom is -0.497 e. The number of hydrogen-bond acceptors (Lipinski definition) is 4. The van der Waals surface area contributed by atoms with Gasteiger partial charge in [0.15, 0.2) is 0 Å². The summed E-state index contributed by atoms with van der Waals surface area (Å²) in [5.74, 6) is 0.798. The van der Waals surface area contributed by atoms with Gasteiger partial charge in [-0.1, -0.05) is 12.1 Å². The molecule has 2 rings (SSSR count). The van der Waals surface area contributed by atoms with Gasteiger partial charge in [-0.15, -0.1) is 0 Å². The molecule has 0 aliphatic rings. The Bertz CT molecular complexity index is 637. The molecular weight excluding hydrogens is 254 g/mol. The number of aromatic nitrogens is 2. The number of likely N-dealkylation sites (N-methyl/N-ethyl adjacent to an activating group) is 1. The predicted octanol–water partition coefficient (Wildman–Crippen LogP) is 1.52. The smallest absolute Gasteiger partial charge is 0.266 e. The molecule has 1 heterocycles. The zero-order valence-corrected chi connectivity index (χ0v) is 12.0. The maximum atomic E-state index is 11.8. The third-order valence-corrected chi connectivity index (χ3v) is 3.20. The van der Waals surface area contributed by atoms with Crippen molar-refractivity contribution in [2.24, 2.45) is 0 Å². The molecule has 5 heteroatoms. The van der Waals surface area contributed by atoms with E-state index in [4.69, 9.17) is 4.74 Å². The fourth-order valence-electron chi connectivity index (χ4n) is 2.08. The zero-order chi connectivity index (χ0) is 14.5. The lowest BCUT2D eigenvalue weighted by Gasteiger charge is -2.18. The summed E-state index contributed by atoms with van der Waals surface area (Å²) in [6.07, 6.45) is 0. The van der Waals surface area contributed by atoms with Crippen LogP contribution in [0.25, 0.3) is 0 Å². The van der Waals surface area contributed by atoms with Gasteiger partial charge in [-0.05, 0) is 37.7 Å². The van der Waals surface area contributed by atoms with E-state index in [1.165, 1.54) is 4.68 Å². The van der Waals surface area contributed by atoms with Crippen molar-refractivity contribution in [1.82, 2.24) is 15.1 Å². The van der Waals surface area contributed by atoms with Crippen molar-refractivity contribution < 1.29 is 4.74 Å². The SMILES string of the molecule is CNC(Cn1nc(C)ccc1=O)c1cccc(OC)c1. The summed E-state index contributed by atoms with van der Waals surface area (Å²) in [5, 5.41) is 7.47. The van der Waals surface area contributed by atoms with Gasteiger partial charge >= 0.3 is 0 Å². The Hall–Kier alpha value is -2.14. The summed E-state index contributed by atoms with van der Waals surface area (Å²) in [6, 6.07) is 11.1. The lowest BCUT2D eigenvalue weighted by molar-refractivity contribution is 0.410. The summed E-state index contributed by atoms with van der Waals surface area (Å²) in [7, 11) is 3.51. The summed E-state index contributed by atoms with van der Waals surface area (Å²) in [6.45, 7) is 2.35. The van der Waals surface area contributed by atoms with Crippen molar-refractivity contribution in [3.8, 4) is 5.75 Å². The molecule has 5 nitrogen and oxygen atoms in total. The molecule has 106 valence electrons. The highest BCUT2D eigenvalue weighted by Crippen LogP contribution is 2.19.